The number of anilines is 1. The Morgan fingerprint density at radius 2 is 1.89 bits per heavy atom. The van der Waals surface area contributed by atoms with Crippen molar-refractivity contribution >= 4 is 23.5 Å². The van der Waals surface area contributed by atoms with Gasteiger partial charge in [0.15, 0.2) is 0 Å². The topological polar surface area (TPSA) is 111 Å². The zero-order valence-corrected chi connectivity index (χ0v) is 15.0. The predicted octanol–water partition coefficient (Wildman–Crippen LogP) is 2.64. The van der Waals surface area contributed by atoms with Crippen LogP contribution in [0.1, 0.15) is 37.0 Å². The first kappa shape index (κ1) is 18.8. The van der Waals surface area contributed by atoms with E-state index >= 15 is 0 Å². The van der Waals surface area contributed by atoms with Crippen LogP contribution < -0.4 is 10.6 Å². The molecule has 0 atom stereocenters. The summed E-state index contributed by atoms with van der Waals surface area (Å²) >= 11 is 0. The van der Waals surface area contributed by atoms with Gasteiger partial charge in [0.1, 0.15) is 11.5 Å². The van der Waals surface area contributed by atoms with E-state index in [9.17, 15) is 14.4 Å². The quantitative estimate of drug-likeness (QED) is 0.637. The van der Waals surface area contributed by atoms with Crippen LogP contribution in [0.5, 0.6) is 0 Å². The first-order valence-corrected chi connectivity index (χ1v) is 8.33. The molecule has 0 spiro atoms. The highest BCUT2D eigenvalue weighted by molar-refractivity contribution is 6.06. The molecule has 2 aromatic heterocycles. The molecule has 0 aliphatic rings. The Hall–Kier alpha value is -3.94. The molecular weight excluding hydrogens is 362 g/mol. The van der Waals surface area contributed by atoms with Crippen molar-refractivity contribution in [2.24, 2.45) is 0 Å². The predicted molar refractivity (Wildman–Crippen MR) is 99.8 cm³/mol. The Morgan fingerprint density at radius 1 is 1.04 bits per heavy atom. The first-order valence-electron chi connectivity index (χ1n) is 8.33. The molecule has 8 heteroatoms. The van der Waals surface area contributed by atoms with Gasteiger partial charge in [-0.2, -0.15) is 0 Å². The third-order valence-electron chi connectivity index (χ3n) is 3.80. The highest BCUT2D eigenvalue weighted by Crippen LogP contribution is 2.13. The first-order chi connectivity index (χ1) is 13.6. The molecule has 0 saturated carbocycles. The van der Waals surface area contributed by atoms with Gasteiger partial charge in [-0.3, -0.25) is 14.6 Å². The van der Waals surface area contributed by atoms with Crippen molar-refractivity contribution in [3.05, 3.63) is 83.6 Å². The number of methoxy groups -OCH3 is 1. The second-order valence-electron chi connectivity index (χ2n) is 5.72. The minimum absolute atomic E-state index is 0.0996. The number of pyridine rings is 1. The monoisotopic (exact) mass is 379 g/mol. The number of nitrogens with one attached hydrogen (secondary N) is 2. The fourth-order valence-corrected chi connectivity index (χ4v) is 2.41. The number of furan rings is 1. The molecule has 0 aliphatic carbocycles. The minimum atomic E-state index is -0.504. The molecule has 8 nitrogen and oxygen atoms in total. The van der Waals surface area contributed by atoms with E-state index < -0.39 is 17.8 Å². The second-order valence-corrected chi connectivity index (χ2v) is 5.72. The Kier molecular flexibility index (Phi) is 5.81. The maximum absolute atomic E-state index is 12.5. The van der Waals surface area contributed by atoms with Crippen LogP contribution in [0.25, 0.3) is 0 Å². The maximum atomic E-state index is 12.5. The Labute approximate surface area is 160 Å². The normalized spacial score (nSPS) is 10.2. The summed E-state index contributed by atoms with van der Waals surface area (Å²) in [7, 11) is 1.28. The van der Waals surface area contributed by atoms with Gasteiger partial charge in [0.2, 0.25) is 0 Å². The van der Waals surface area contributed by atoms with Gasteiger partial charge in [-0.25, -0.2) is 4.79 Å². The van der Waals surface area contributed by atoms with Crippen molar-refractivity contribution < 1.29 is 23.5 Å². The van der Waals surface area contributed by atoms with Gasteiger partial charge in [0, 0.05) is 17.4 Å². The minimum Gasteiger partial charge on any atom is -0.467 e. The van der Waals surface area contributed by atoms with E-state index in [-0.39, 0.29) is 17.8 Å². The highest BCUT2D eigenvalue weighted by Gasteiger charge is 2.13. The average Bonchev–Trinajstić information content (AvgIpc) is 3.25. The highest BCUT2D eigenvalue weighted by atomic mass is 16.5. The van der Waals surface area contributed by atoms with Crippen molar-refractivity contribution in [1.82, 2.24) is 10.3 Å². The fourth-order valence-electron chi connectivity index (χ4n) is 2.41. The molecule has 28 heavy (non-hydrogen) atoms. The van der Waals surface area contributed by atoms with Crippen LogP contribution in [-0.4, -0.2) is 29.9 Å². The number of rotatable bonds is 6. The van der Waals surface area contributed by atoms with E-state index in [1.54, 1.807) is 30.3 Å². The number of carbonyl (C=O) groups is 3. The molecule has 0 radical (unpaired) electrons. The van der Waals surface area contributed by atoms with Crippen LogP contribution in [0.2, 0.25) is 0 Å². The molecule has 2 N–H and O–H groups in total. The Morgan fingerprint density at radius 3 is 2.64 bits per heavy atom. The Balaban J connectivity index is 1.68. The molecule has 2 heterocycles. The summed E-state index contributed by atoms with van der Waals surface area (Å²) in [6.07, 6.45) is 2.89. The van der Waals surface area contributed by atoms with E-state index in [4.69, 9.17) is 4.42 Å². The molecule has 142 valence electrons. The lowest BCUT2D eigenvalue weighted by atomic mass is 10.1. The van der Waals surface area contributed by atoms with Gasteiger partial charge in [0.25, 0.3) is 11.8 Å². The number of amides is 2. The number of aromatic nitrogens is 1. The van der Waals surface area contributed by atoms with E-state index in [1.165, 1.54) is 37.8 Å². The SMILES string of the molecule is COC(=O)c1cccc(NC(=O)c2ccnc(C(=O)NCc3ccco3)c2)c1. The average molecular weight is 379 g/mol. The number of hydrogen-bond acceptors (Lipinski definition) is 6. The van der Waals surface area contributed by atoms with Gasteiger partial charge in [-0.1, -0.05) is 6.07 Å². The van der Waals surface area contributed by atoms with Crippen LogP contribution in [0.15, 0.2) is 65.4 Å². The molecule has 2 amide bonds. The zero-order valence-electron chi connectivity index (χ0n) is 15.0. The lowest BCUT2D eigenvalue weighted by Crippen LogP contribution is -2.24. The molecule has 0 fully saturated rings. The summed E-state index contributed by atoms with van der Waals surface area (Å²) in [6.45, 7) is 0.213. The lowest BCUT2D eigenvalue weighted by Gasteiger charge is -2.08. The molecule has 0 bridgehead atoms. The van der Waals surface area contributed by atoms with Gasteiger partial charge in [-0.15, -0.1) is 0 Å². The molecule has 0 saturated heterocycles. The summed E-state index contributed by atoms with van der Waals surface area (Å²) in [4.78, 5) is 40.3. The molecular formula is C20H17N3O5. The number of hydrogen-bond donors (Lipinski definition) is 2. The van der Waals surface area contributed by atoms with Crippen molar-refractivity contribution in [2.45, 2.75) is 6.54 Å². The van der Waals surface area contributed by atoms with E-state index in [0.717, 1.165) is 0 Å². The summed E-state index contributed by atoms with van der Waals surface area (Å²) < 4.78 is 9.81. The van der Waals surface area contributed by atoms with Crippen molar-refractivity contribution in [1.29, 1.82) is 0 Å². The van der Waals surface area contributed by atoms with E-state index in [1.807, 2.05) is 0 Å². The van der Waals surface area contributed by atoms with Gasteiger partial charge in [-0.05, 0) is 42.5 Å². The van der Waals surface area contributed by atoms with Crippen LogP contribution in [0, 0.1) is 0 Å². The molecule has 0 aliphatic heterocycles. The smallest absolute Gasteiger partial charge is 0.337 e. The number of carbonyl (C=O) groups excluding carboxylic acids is 3. The summed E-state index contributed by atoms with van der Waals surface area (Å²) in [6, 6.07) is 12.7. The van der Waals surface area contributed by atoms with Gasteiger partial charge < -0.3 is 19.8 Å². The van der Waals surface area contributed by atoms with Crippen LogP contribution in [-0.2, 0) is 11.3 Å². The molecule has 3 aromatic rings. The number of benzene rings is 1. The van der Waals surface area contributed by atoms with Crippen molar-refractivity contribution in [3.8, 4) is 0 Å². The Bertz CT molecular complexity index is 999. The van der Waals surface area contributed by atoms with E-state index in [2.05, 4.69) is 20.4 Å². The standard InChI is InChI=1S/C20H17N3O5/c1-27-20(26)14-4-2-5-15(10-14)23-18(24)13-7-8-21-17(11-13)19(25)22-12-16-6-3-9-28-16/h2-11H,12H2,1H3,(H,22,25)(H,23,24). The van der Waals surface area contributed by atoms with Crippen LogP contribution >= 0.6 is 0 Å². The van der Waals surface area contributed by atoms with Gasteiger partial charge >= 0.3 is 5.97 Å². The van der Waals surface area contributed by atoms with E-state index in [0.29, 0.717) is 17.0 Å². The molecule has 0 unspecified atom stereocenters. The van der Waals surface area contributed by atoms with Crippen LogP contribution in [0.3, 0.4) is 0 Å². The third kappa shape index (κ3) is 4.61. The molecule has 3 rings (SSSR count). The third-order valence-corrected chi connectivity index (χ3v) is 3.80. The summed E-state index contributed by atoms with van der Waals surface area (Å²) in [5.41, 5.74) is 1.09. The van der Waals surface area contributed by atoms with Crippen molar-refractivity contribution in [3.63, 3.8) is 0 Å². The second kappa shape index (κ2) is 8.63. The van der Waals surface area contributed by atoms with Gasteiger partial charge in [0.05, 0.1) is 25.5 Å². The van der Waals surface area contributed by atoms with Crippen LogP contribution in [0.4, 0.5) is 5.69 Å². The number of nitrogens with zero attached hydrogens (tertiary/aromatic N) is 1. The zero-order chi connectivity index (χ0) is 19.9. The maximum Gasteiger partial charge on any atom is 0.337 e. The van der Waals surface area contributed by atoms with Crippen molar-refractivity contribution in [2.75, 3.05) is 12.4 Å². The summed E-state index contributed by atoms with van der Waals surface area (Å²) in [5.74, 6) is -0.772. The summed E-state index contributed by atoms with van der Waals surface area (Å²) in [5, 5.41) is 5.34. The molecule has 1 aromatic carbocycles. The fraction of sp³-hybridized carbons (Fsp3) is 0.100. The number of ether oxygens (including phenoxy) is 1. The largest absolute Gasteiger partial charge is 0.467 e. The lowest BCUT2D eigenvalue weighted by molar-refractivity contribution is 0.0600. The number of esters is 1.